The normalized spacial score (nSPS) is 21.2. The van der Waals surface area contributed by atoms with Gasteiger partial charge in [-0.1, -0.05) is 19.3 Å². The molecule has 1 aliphatic heterocycles. The summed E-state index contributed by atoms with van der Waals surface area (Å²) in [5.41, 5.74) is 2.41. The van der Waals surface area contributed by atoms with Crippen LogP contribution in [0.25, 0.3) is 0 Å². The fraction of sp³-hybridized carbons (Fsp3) is 0.789. The zero-order valence-corrected chi connectivity index (χ0v) is 15.3. The van der Waals surface area contributed by atoms with E-state index in [0.29, 0.717) is 12.3 Å². The molecule has 0 spiro atoms. The predicted octanol–water partition coefficient (Wildman–Crippen LogP) is 2.83. The van der Waals surface area contributed by atoms with Gasteiger partial charge in [0.05, 0.1) is 5.69 Å². The number of hydrogen-bond donors (Lipinski definition) is 0. The summed E-state index contributed by atoms with van der Waals surface area (Å²) in [6.07, 6.45) is 9.50. The summed E-state index contributed by atoms with van der Waals surface area (Å²) in [4.78, 5) is 17.0. The molecule has 134 valence electrons. The van der Waals surface area contributed by atoms with Crippen LogP contribution in [0.1, 0.15) is 56.7 Å². The first kappa shape index (κ1) is 17.5. The number of aryl methyl sites for hydroxylation is 2. The summed E-state index contributed by atoms with van der Waals surface area (Å²) in [5.74, 6) is 1.09. The Morgan fingerprint density at radius 2 is 1.96 bits per heavy atom. The minimum atomic E-state index is 0.351. The van der Waals surface area contributed by atoms with Crippen molar-refractivity contribution in [3.8, 4) is 0 Å². The van der Waals surface area contributed by atoms with Crippen LogP contribution in [0.4, 0.5) is 0 Å². The van der Waals surface area contributed by atoms with E-state index >= 15 is 0 Å². The smallest absolute Gasteiger partial charge is 0.223 e. The van der Waals surface area contributed by atoms with Gasteiger partial charge >= 0.3 is 0 Å². The third kappa shape index (κ3) is 4.38. The number of hydrogen-bond acceptors (Lipinski definition) is 3. The minimum absolute atomic E-state index is 0.351. The molecular formula is C19H32N4O. The Morgan fingerprint density at radius 3 is 2.67 bits per heavy atom. The molecular weight excluding hydrogens is 300 g/mol. The van der Waals surface area contributed by atoms with Gasteiger partial charge in [-0.25, -0.2) is 0 Å². The molecule has 1 saturated carbocycles. The third-order valence-corrected chi connectivity index (χ3v) is 5.65. The average molecular weight is 332 g/mol. The van der Waals surface area contributed by atoms with Crippen LogP contribution >= 0.6 is 0 Å². The molecule has 0 aromatic carbocycles. The number of carbonyl (C=O) groups excluding carboxylic acids is 1. The van der Waals surface area contributed by atoms with E-state index in [1.54, 1.807) is 0 Å². The van der Waals surface area contributed by atoms with Crippen molar-refractivity contribution in [2.24, 2.45) is 5.92 Å². The molecule has 0 bridgehead atoms. The minimum Gasteiger partial charge on any atom is -0.341 e. The molecule has 1 saturated heterocycles. The van der Waals surface area contributed by atoms with Crippen LogP contribution in [-0.2, 0) is 17.9 Å². The average Bonchev–Trinajstić information content (AvgIpc) is 2.86. The Balaban J connectivity index is 1.55. The second kappa shape index (κ2) is 8.15. The van der Waals surface area contributed by atoms with Crippen molar-refractivity contribution in [1.29, 1.82) is 0 Å². The van der Waals surface area contributed by atoms with Gasteiger partial charge in [-0.3, -0.25) is 14.4 Å². The van der Waals surface area contributed by atoms with E-state index in [0.717, 1.165) is 50.9 Å². The SMILES string of the molecule is CCn1cc(CN2CCC(=O)N(CC3CCCCC3)CC2)c(C)n1. The Labute approximate surface area is 146 Å². The van der Waals surface area contributed by atoms with Crippen LogP contribution in [0.2, 0.25) is 0 Å². The Morgan fingerprint density at radius 1 is 1.17 bits per heavy atom. The molecule has 5 nitrogen and oxygen atoms in total. The van der Waals surface area contributed by atoms with Gasteiger partial charge in [-0.15, -0.1) is 0 Å². The zero-order valence-electron chi connectivity index (χ0n) is 15.3. The maximum atomic E-state index is 12.5. The van der Waals surface area contributed by atoms with Crippen molar-refractivity contribution in [2.45, 2.75) is 65.5 Å². The molecule has 2 heterocycles. The number of nitrogens with zero attached hydrogens (tertiary/aromatic N) is 4. The Kier molecular flexibility index (Phi) is 5.93. The van der Waals surface area contributed by atoms with E-state index in [4.69, 9.17) is 0 Å². The fourth-order valence-electron chi connectivity index (χ4n) is 4.06. The molecule has 0 atom stereocenters. The lowest BCUT2D eigenvalue weighted by Crippen LogP contribution is -2.37. The van der Waals surface area contributed by atoms with Crippen LogP contribution in [0, 0.1) is 12.8 Å². The van der Waals surface area contributed by atoms with E-state index in [1.807, 2.05) is 4.68 Å². The Bertz CT molecular complexity index is 548. The molecule has 1 aliphatic carbocycles. The molecule has 1 amide bonds. The molecule has 0 unspecified atom stereocenters. The largest absolute Gasteiger partial charge is 0.341 e. The highest BCUT2D eigenvalue weighted by Crippen LogP contribution is 2.25. The lowest BCUT2D eigenvalue weighted by Gasteiger charge is -2.29. The predicted molar refractivity (Wildman–Crippen MR) is 95.7 cm³/mol. The first-order valence-electron chi connectivity index (χ1n) is 9.68. The number of rotatable bonds is 5. The molecule has 3 rings (SSSR count). The number of amides is 1. The van der Waals surface area contributed by atoms with Gasteiger partial charge in [-0.05, 0) is 32.6 Å². The van der Waals surface area contributed by atoms with Crippen LogP contribution < -0.4 is 0 Å². The van der Waals surface area contributed by atoms with E-state index in [-0.39, 0.29) is 0 Å². The summed E-state index contributed by atoms with van der Waals surface area (Å²) in [5, 5.41) is 4.54. The lowest BCUT2D eigenvalue weighted by atomic mass is 9.89. The number of carbonyl (C=O) groups is 1. The van der Waals surface area contributed by atoms with Gasteiger partial charge in [0.1, 0.15) is 0 Å². The monoisotopic (exact) mass is 332 g/mol. The summed E-state index contributed by atoms with van der Waals surface area (Å²) in [7, 11) is 0. The van der Waals surface area contributed by atoms with Crippen molar-refractivity contribution in [3.05, 3.63) is 17.5 Å². The van der Waals surface area contributed by atoms with Crippen LogP contribution in [0.3, 0.4) is 0 Å². The maximum absolute atomic E-state index is 12.5. The second-order valence-corrected chi connectivity index (χ2v) is 7.47. The van der Waals surface area contributed by atoms with Gasteiger partial charge < -0.3 is 4.90 Å². The van der Waals surface area contributed by atoms with Crippen LogP contribution in [0.15, 0.2) is 6.20 Å². The van der Waals surface area contributed by atoms with Crippen LogP contribution in [0.5, 0.6) is 0 Å². The van der Waals surface area contributed by atoms with Gasteiger partial charge in [-0.2, -0.15) is 5.10 Å². The summed E-state index contributed by atoms with van der Waals surface area (Å²) in [6.45, 7) is 9.75. The molecule has 0 radical (unpaired) electrons. The molecule has 24 heavy (non-hydrogen) atoms. The molecule has 1 aromatic heterocycles. The van der Waals surface area contributed by atoms with Gasteiger partial charge in [0.2, 0.25) is 5.91 Å². The first-order valence-corrected chi connectivity index (χ1v) is 9.68. The molecule has 5 heteroatoms. The Hall–Kier alpha value is -1.36. The molecule has 2 aliphatic rings. The zero-order chi connectivity index (χ0) is 16.9. The van der Waals surface area contributed by atoms with Gasteiger partial charge in [0.15, 0.2) is 0 Å². The third-order valence-electron chi connectivity index (χ3n) is 5.65. The van der Waals surface area contributed by atoms with E-state index in [1.165, 1.54) is 37.7 Å². The van der Waals surface area contributed by atoms with E-state index in [9.17, 15) is 4.79 Å². The van der Waals surface area contributed by atoms with E-state index < -0.39 is 0 Å². The topological polar surface area (TPSA) is 41.4 Å². The number of aromatic nitrogens is 2. The summed E-state index contributed by atoms with van der Waals surface area (Å²) in [6, 6.07) is 0. The highest BCUT2D eigenvalue weighted by atomic mass is 16.2. The van der Waals surface area contributed by atoms with Crippen molar-refractivity contribution in [3.63, 3.8) is 0 Å². The van der Waals surface area contributed by atoms with Crippen molar-refractivity contribution in [2.75, 3.05) is 26.2 Å². The standard InChI is InChI=1S/C19H32N4O/c1-3-23-15-18(16(2)20-23)14-21-10-9-19(24)22(12-11-21)13-17-7-5-4-6-8-17/h15,17H,3-14H2,1-2H3. The van der Waals surface area contributed by atoms with Gasteiger partial charge in [0, 0.05) is 57.4 Å². The van der Waals surface area contributed by atoms with E-state index in [2.05, 4.69) is 34.9 Å². The molecule has 0 N–H and O–H groups in total. The molecule has 1 aromatic rings. The van der Waals surface area contributed by atoms with Crippen molar-refractivity contribution >= 4 is 5.91 Å². The lowest BCUT2D eigenvalue weighted by molar-refractivity contribution is -0.131. The van der Waals surface area contributed by atoms with Crippen molar-refractivity contribution < 1.29 is 4.79 Å². The van der Waals surface area contributed by atoms with Gasteiger partial charge in [0.25, 0.3) is 0 Å². The van der Waals surface area contributed by atoms with Crippen molar-refractivity contribution in [1.82, 2.24) is 19.6 Å². The second-order valence-electron chi connectivity index (χ2n) is 7.47. The van der Waals surface area contributed by atoms with Crippen LogP contribution in [-0.4, -0.2) is 51.7 Å². The maximum Gasteiger partial charge on any atom is 0.223 e. The molecule has 2 fully saturated rings. The highest BCUT2D eigenvalue weighted by Gasteiger charge is 2.24. The first-order chi connectivity index (χ1) is 11.7. The highest BCUT2D eigenvalue weighted by molar-refractivity contribution is 5.76. The quantitative estimate of drug-likeness (QED) is 0.832. The summed E-state index contributed by atoms with van der Waals surface area (Å²) >= 11 is 0. The summed E-state index contributed by atoms with van der Waals surface area (Å²) < 4.78 is 2.00. The fourth-order valence-corrected chi connectivity index (χ4v) is 4.06.